The maximum atomic E-state index is 12.0. The normalized spacial score (nSPS) is 13.6. The molecule has 0 aliphatic carbocycles. The van der Waals surface area contributed by atoms with Gasteiger partial charge in [-0.1, -0.05) is 41.5 Å². The molecule has 0 saturated heterocycles. The number of rotatable bonds is 9. The summed E-state index contributed by atoms with van der Waals surface area (Å²) in [5, 5.41) is 3.09. The van der Waals surface area contributed by atoms with E-state index in [-0.39, 0.29) is 5.91 Å². The second kappa shape index (κ2) is 9.35. The highest BCUT2D eigenvalue weighted by Crippen LogP contribution is 2.20. The molecular weight excluding hydrogens is 236 g/mol. The van der Waals surface area contributed by atoms with Crippen molar-refractivity contribution in [3.8, 4) is 0 Å². The minimum atomic E-state index is 0.155. The van der Waals surface area contributed by atoms with E-state index in [9.17, 15) is 4.79 Å². The summed E-state index contributed by atoms with van der Waals surface area (Å²) in [5.41, 5.74) is 5.74. The molecule has 0 bridgehead atoms. The van der Waals surface area contributed by atoms with Gasteiger partial charge in [0.25, 0.3) is 0 Å². The van der Waals surface area contributed by atoms with Gasteiger partial charge in [-0.05, 0) is 42.6 Å². The van der Waals surface area contributed by atoms with Gasteiger partial charge in [-0.15, -0.1) is 0 Å². The van der Waals surface area contributed by atoms with Crippen LogP contribution < -0.4 is 11.1 Å². The van der Waals surface area contributed by atoms with Crippen LogP contribution in [0, 0.1) is 29.6 Å². The molecule has 0 aromatic carbocycles. The first-order valence-corrected chi connectivity index (χ1v) is 7.74. The van der Waals surface area contributed by atoms with Crippen molar-refractivity contribution < 1.29 is 4.79 Å². The van der Waals surface area contributed by atoms with Gasteiger partial charge in [0.2, 0.25) is 5.91 Å². The van der Waals surface area contributed by atoms with Gasteiger partial charge >= 0.3 is 0 Å². The quantitative estimate of drug-likeness (QED) is 0.676. The van der Waals surface area contributed by atoms with E-state index in [1.165, 1.54) is 0 Å². The van der Waals surface area contributed by atoms with Gasteiger partial charge in [-0.2, -0.15) is 0 Å². The lowest BCUT2D eigenvalue weighted by Gasteiger charge is -2.25. The van der Waals surface area contributed by atoms with Crippen LogP contribution in [0.4, 0.5) is 0 Å². The fourth-order valence-corrected chi connectivity index (χ4v) is 2.74. The number of nitrogens with two attached hydrogens (primary N) is 1. The van der Waals surface area contributed by atoms with Crippen molar-refractivity contribution in [3.63, 3.8) is 0 Å². The van der Waals surface area contributed by atoms with E-state index < -0.39 is 0 Å². The minimum Gasteiger partial charge on any atom is -0.356 e. The molecule has 114 valence electrons. The Morgan fingerprint density at radius 2 is 1.58 bits per heavy atom. The molecule has 0 spiro atoms. The van der Waals surface area contributed by atoms with Gasteiger partial charge in [0.1, 0.15) is 0 Å². The number of hydrogen-bond donors (Lipinski definition) is 2. The van der Waals surface area contributed by atoms with Crippen molar-refractivity contribution in [2.24, 2.45) is 35.3 Å². The van der Waals surface area contributed by atoms with E-state index in [4.69, 9.17) is 5.73 Å². The second-order valence-electron chi connectivity index (χ2n) is 6.89. The number of hydrogen-bond acceptors (Lipinski definition) is 2. The van der Waals surface area contributed by atoms with Crippen LogP contribution in [0.2, 0.25) is 0 Å². The Kier molecular flexibility index (Phi) is 9.07. The van der Waals surface area contributed by atoms with Crippen molar-refractivity contribution in [1.82, 2.24) is 5.32 Å². The summed E-state index contributed by atoms with van der Waals surface area (Å²) >= 11 is 0. The molecule has 0 radical (unpaired) electrons. The van der Waals surface area contributed by atoms with Crippen LogP contribution in [-0.2, 0) is 4.79 Å². The fourth-order valence-electron chi connectivity index (χ4n) is 2.74. The van der Waals surface area contributed by atoms with Crippen molar-refractivity contribution in [2.45, 2.75) is 54.4 Å². The summed E-state index contributed by atoms with van der Waals surface area (Å²) in [6.45, 7) is 14.6. The average Bonchev–Trinajstić information content (AvgIpc) is 2.26. The fraction of sp³-hybridized carbons (Fsp3) is 0.938. The van der Waals surface area contributed by atoms with Crippen LogP contribution in [0.3, 0.4) is 0 Å². The lowest BCUT2D eigenvalue weighted by molar-refractivity contribution is -0.122. The summed E-state index contributed by atoms with van der Waals surface area (Å²) in [4.78, 5) is 12.0. The van der Waals surface area contributed by atoms with Crippen molar-refractivity contribution in [2.75, 3.05) is 13.1 Å². The molecule has 0 rings (SSSR count). The molecule has 0 saturated carbocycles. The summed E-state index contributed by atoms with van der Waals surface area (Å²) in [5.74, 6) is 2.81. The van der Waals surface area contributed by atoms with Crippen LogP contribution in [0.25, 0.3) is 0 Å². The van der Waals surface area contributed by atoms with Crippen LogP contribution in [0.1, 0.15) is 54.4 Å². The predicted molar refractivity (Wildman–Crippen MR) is 82.8 cm³/mol. The number of nitrogens with one attached hydrogen (secondary N) is 1. The highest BCUT2D eigenvalue weighted by atomic mass is 16.1. The molecule has 3 N–H and O–H groups in total. The summed E-state index contributed by atoms with van der Waals surface area (Å²) in [6, 6.07) is 0. The van der Waals surface area contributed by atoms with Gasteiger partial charge in [0.15, 0.2) is 0 Å². The molecule has 0 aliphatic rings. The van der Waals surface area contributed by atoms with Gasteiger partial charge in [0.05, 0.1) is 0 Å². The maximum absolute atomic E-state index is 12.0. The van der Waals surface area contributed by atoms with E-state index >= 15 is 0 Å². The largest absolute Gasteiger partial charge is 0.356 e. The van der Waals surface area contributed by atoms with Crippen LogP contribution in [0.15, 0.2) is 0 Å². The lowest BCUT2D eigenvalue weighted by atomic mass is 9.85. The van der Waals surface area contributed by atoms with E-state index in [1.54, 1.807) is 0 Å². The molecule has 0 aliphatic heterocycles. The smallest absolute Gasteiger partial charge is 0.220 e. The third-order valence-electron chi connectivity index (χ3n) is 3.86. The molecule has 0 fully saturated rings. The monoisotopic (exact) mass is 270 g/mol. The number of carbonyl (C=O) groups excluding carboxylic acids is 1. The Morgan fingerprint density at radius 3 is 1.95 bits per heavy atom. The Bertz CT molecular complexity index is 241. The molecule has 19 heavy (non-hydrogen) atoms. The van der Waals surface area contributed by atoms with Gasteiger partial charge in [-0.25, -0.2) is 0 Å². The van der Waals surface area contributed by atoms with E-state index in [0.717, 1.165) is 13.0 Å². The van der Waals surface area contributed by atoms with E-state index in [1.807, 2.05) is 0 Å². The van der Waals surface area contributed by atoms with Crippen LogP contribution in [0.5, 0.6) is 0 Å². The average molecular weight is 270 g/mol. The van der Waals surface area contributed by atoms with Crippen molar-refractivity contribution in [3.05, 3.63) is 0 Å². The Hall–Kier alpha value is -0.570. The molecule has 0 aromatic heterocycles. The number of carbonyl (C=O) groups is 1. The zero-order valence-electron chi connectivity index (χ0n) is 13.7. The molecule has 0 heterocycles. The summed E-state index contributed by atoms with van der Waals surface area (Å²) in [7, 11) is 0. The van der Waals surface area contributed by atoms with Crippen molar-refractivity contribution >= 4 is 5.91 Å². The third kappa shape index (κ3) is 8.25. The third-order valence-corrected chi connectivity index (χ3v) is 3.86. The Balaban J connectivity index is 4.15. The first-order valence-electron chi connectivity index (χ1n) is 7.74. The molecule has 0 aromatic rings. The first kappa shape index (κ1) is 18.4. The van der Waals surface area contributed by atoms with Gasteiger partial charge in [-0.3, -0.25) is 4.79 Å². The maximum Gasteiger partial charge on any atom is 0.220 e. The van der Waals surface area contributed by atoms with Crippen molar-refractivity contribution in [1.29, 1.82) is 0 Å². The van der Waals surface area contributed by atoms with Crippen LogP contribution >= 0.6 is 0 Å². The molecular formula is C16H34N2O. The summed E-state index contributed by atoms with van der Waals surface area (Å²) < 4.78 is 0. The number of amides is 1. The van der Waals surface area contributed by atoms with Gasteiger partial charge < -0.3 is 11.1 Å². The molecule has 1 amide bonds. The van der Waals surface area contributed by atoms with Crippen LogP contribution in [-0.4, -0.2) is 19.0 Å². The molecule has 1 atom stereocenters. The lowest BCUT2D eigenvalue weighted by Crippen LogP contribution is -2.35. The molecule has 0 unspecified atom stereocenters. The summed E-state index contributed by atoms with van der Waals surface area (Å²) in [6.07, 6.45) is 1.60. The Labute approximate surface area is 119 Å². The molecule has 3 heteroatoms. The van der Waals surface area contributed by atoms with Gasteiger partial charge in [0, 0.05) is 13.0 Å². The SMILES string of the molecule is CC(C)C[C@H](CN)CC(=O)NCC(C(C)C)C(C)C. The minimum absolute atomic E-state index is 0.155. The highest BCUT2D eigenvalue weighted by Gasteiger charge is 2.19. The van der Waals surface area contributed by atoms with E-state index in [0.29, 0.717) is 42.6 Å². The first-order chi connectivity index (χ1) is 8.77. The second-order valence-corrected chi connectivity index (χ2v) is 6.89. The predicted octanol–water partition coefficient (Wildman–Crippen LogP) is 3.04. The zero-order chi connectivity index (χ0) is 15.0. The zero-order valence-corrected chi connectivity index (χ0v) is 13.7. The van der Waals surface area contributed by atoms with E-state index in [2.05, 4.69) is 46.9 Å². The standard InChI is InChI=1S/C16H34N2O/c1-11(2)7-14(9-17)8-16(19)18-10-15(12(3)4)13(5)6/h11-15H,7-10,17H2,1-6H3,(H,18,19)/t14-/m0/s1. The highest BCUT2D eigenvalue weighted by molar-refractivity contribution is 5.76. The molecule has 3 nitrogen and oxygen atoms in total. The Morgan fingerprint density at radius 1 is 1.05 bits per heavy atom. The topological polar surface area (TPSA) is 55.1 Å².